The predicted octanol–water partition coefficient (Wildman–Crippen LogP) is 5.19. The second-order valence-corrected chi connectivity index (χ2v) is 8.94. The zero-order chi connectivity index (χ0) is 27.4. The van der Waals surface area contributed by atoms with Gasteiger partial charge in [-0.05, 0) is 60.5 Å². The Bertz CT molecular complexity index is 1650. The lowest BCUT2D eigenvalue weighted by Gasteiger charge is -2.07. The molecule has 0 radical (unpaired) electrons. The van der Waals surface area contributed by atoms with E-state index in [1.54, 1.807) is 79.2 Å². The van der Waals surface area contributed by atoms with Gasteiger partial charge in [-0.25, -0.2) is 4.79 Å². The van der Waals surface area contributed by atoms with Crippen LogP contribution in [0, 0.1) is 0 Å². The Kier molecular flexibility index (Phi) is 7.32. The molecule has 0 saturated heterocycles. The van der Waals surface area contributed by atoms with Crippen LogP contribution in [-0.2, 0) is 11.3 Å². The molecular formula is C32H27N2O5+. The zero-order valence-corrected chi connectivity index (χ0v) is 21.7. The Labute approximate surface area is 225 Å². The van der Waals surface area contributed by atoms with Crippen LogP contribution in [0.2, 0.25) is 0 Å². The molecule has 0 saturated carbocycles. The largest absolute Gasteiger partial charge is 0.497 e. The third-order valence-corrected chi connectivity index (χ3v) is 6.50. The minimum Gasteiger partial charge on any atom is -0.497 e. The Morgan fingerprint density at radius 2 is 1.54 bits per heavy atom. The molecular weight excluding hydrogens is 492 g/mol. The van der Waals surface area contributed by atoms with E-state index in [0.29, 0.717) is 33.7 Å². The number of carbonyl (C=O) groups excluding carboxylic acids is 3. The highest BCUT2D eigenvalue weighted by Gasteiger charge is 2.22. The topological polar surface area (TPSA) is 78.0 Å². The summed E-state index contributed by atoms with van der Waals surface area (Å²) in [6.45, 7) is 2.17. The molecule has 0 aliphatic carbocycles. The number of hydrogen-bond acceptors (Lipinski definition) is 5. The number of fused-ring (bicyclic) bond motifs is 1. The van der Waals surface area contributed by atoms with Crippen molar-refractivity contribution in [3.8, 4) is 16.9 Å². The number of aromatic nitrogens is 2. The number of ketones is 2. The van der Waals surface area contributed by atoms with Crippen LogP contribution in [0.25, 0.3) is 16.6 Å². The number of carbonyl (C=O) groups is 3. The standard InChI is InChI=1S/C32H27N2O5/c1-3-39-32(37)27-20-29(31(36)24-7-5-4-6-8-24)34-18-15-25(19-28(27)34)22-13-16-33(17-14-22)21-30(35)23-9-11-26(38-2)12-10-23/h4-20H,3,21H2,1-2H3/q+1. The number of esters is 1. The minimum absolute atomic E-state index is 0.0142. The molecule has 7 heteroatoms. The predicted molar refractivity (Wildman–Crippen MR) is 146 cm³/mol. The van der Waals surface area contributed by atoms with E-state index in [0.717, 1.165) is 11.1 Å². The van der Waals surface area contributed by atoms with Gasteiger partial charge in [0, 0.05) is 29.5 Å². The van der Waals surface area contributed by atoms with Gasteiger partial charge in [-0.3, -0.25) is 9.59 Å². The van der Waals surface area contributed by atoms with Gasteiger partial charge >= 0.3 is 5.97 Å². The van der Waals surface area contributed by atoms with Crippen LogP contribution in [-0.4, -0.2) is 35.7 Å². The SMILES string of the molecule is CCOC(=O)c1cc(C(=O)c2ccccc2)n2ccc(-c3cc[n+](CC(=O)c4ccc(OC)cc4)cc3)cc12. The molecule has 5 rings (SSSR count). The number of benzene rings is 2. The minimum atomic E-state index is -0.484. The first kappa shape index (κ1) is 25.6. The molecule has 39 heavy (non-hydrogen) atoms. The van der Waals surface area contributed by atoms with Crippen LogP contribution < -0.4 is 9.30 Å². The fourth-order valence-corrected chi connectivity index (χ4v) is 4.45. The van der Waals surface area contributed by atoms with E-state index < -0.39 is 5.97 Å². The van der Waals surface area contributed by atoms with Gasteiger partial charge in [-0.1, -0.05) is 30.3 Å². The quantitative estimate of drug-likeness (QED) is 0.152. The maximum absolute atomic E-state index is 13.3. The maximum atomic E-state index is 13.3. The number of nitrogens with zero attached hydrogens (tertiary/aromatic N) is 2. The number of methoxy groups -OCH3 is 1. The number of Topliss-reactive ketones (excluding diaryl/α,β-unsaturated/α-hetero) is 1. The Morgan fingerprint density at radius 3 is 2.21 bits per heavy atom. The van der Waals surface area contributed by atoms with E-state index in [-0.39, 0.29) is 24.7 Å². The fourth-order valence-electron chi connectivity index (χ4n) is 4.45. The first-order valence-electron chi connectivity index (χ1n) is 12.6. The van der Waals surface area contributed by atoms with Crippen LogP contribution >= 0.6 is 0 Å². The van der Waals surface area contributed by atoms with E-state index in [1.807, 2.05) is 47.3 Å². The number of rotatable bonds is 9. The van der Waals surface area contributed by atoms with Crippen LogP contribution in [0.15, 0.2) is 104 Å². The summed E-state index contributed by atoms with van der Waals surface area (Å²) in [5.41, 5.74) is 4.20. The van der Waals surface area contributed by atoms with Crippen LogP contribution in [0.4, 0.5) is 0 Å². The van der Waals surface area contributed by atoms with E-state index in [2.05, 4.69) is 0 Å². The van der Waals surface area contributed by atoms with Crippen molar-refractivity contribution >= 4 is 23.1 Å². The normalized spacial score (nSPS) is 10.8. The van der Waals surface area contributed by atoms with Gasteiger partial charge < -0.3 is 13.9 Å². The number of pyridine rings is 2. The van der Waals surface area contributed by atoms with Gasteiger partial charge in [0.1, 0.15) is 5.75 Å². The first-order valence-corrected chi connectivity index (χ1v) is 12.6. The summed E-state index contributed by atoms with van der Waals surface area (Å²) in [4.78, 5) is 38.7. The van der Waals surface area contributed by atoms with Gasteiger partial charge in [0.15, 0.2) is 12.4 Å². The smallest absolute Gasteiger partial charge is 0.340 e. The van der Waals surface area contributed by atoms with E-state index >= 15 is 0 Å². The van der Waals surface area contributed by atoms with E-state index in [4.69, 9.17) is 9.47 Å². The molecule has 2 aromatic carbocycles. The van der Waals surface area contributed by atoms with E-state index in [9.17, 15) is 14.4 Å². The van der Waals surface area contributed by atoms with Crippen molar-refractivity contribution in [2.75, 3.05) is 13.7 Å². The zero-order valence-electron chi connectivity index (χ0n) is 21.7. The molecule has 3 aromatic heterocycles. The van der Waals surface area contributed by atoms with Gasteiger partial charge in [-0.2, -0.15) is 4.57 Å². The Balaban J connectivity index is 1.44. The molecule has 0 aliphatic rings. The summed E-state index contributed by atoms with van der Waals surface area (Å²) in [5, 5.41) is 0. The van der Waals surface area contributed by atoms with Gasteiger partial charge in [0.2, 0.25) is 18.1 Å². The maximum Gasteiger partial charge on any atom is 0.340 e. The highest BCUT2D eigenvalue weighted by Crippen LogP contribution is 2.26. The Hall–Kier alpha value is -5.04. The van der Waals surface area contributed by atoms with Crippen LogP contribution in [0.1, 0.15) is 43.7 Å². The second-order valence-electron chi connectivity index (χ2n) is 8.94. The lowest BCUT2D eigenvalue weighted by atomic mass is 10.1. The molecule has 0 atom stereocenters. The third-order valence-electron chi connectivity index (χ3n) is 6.50. The summed E-state index contributed by atoms with van der Waals surface area (Å²) in [5.74, 6) is 0.0178. The third kappa shape index (κ3) is 5.33. The Morgan fingerprint density at radius 1 is 0.821 bits per heavy atom. The highest BCUT2D eigenvalue weighted by atomic mass is 16.5. The molecule has 5 aromatic rings. The molecule has 0 bridgehead atoms. The monoisotopic (exact) mass is 519 g/mol. The van der Waals surface area contributed by atoms with Crippen molar-refractivity contribution in [1.82, 2.24) is 4.40 Å². The van der Waals surface area contributed by atoms with Crippen LogP contribution in [0.5, 0.6) is 5.75 Å². The van der Waals surface area contributed by atoms with Gasteiger partial charge in [-0.15, -0.1) is 0 Å². The first-order chi connectivity index (χ1) is 19.0. The summed E-state index contributed by atoms with van der Waals surface area (Å²) in [7, 11) is 1.59. The van der Waals surface area contributed by atoms with Crippen molar-refractivity contribution < 1.29 is 28.4 Å². The average molecular weight is 520 g/mol. The van der Waals surface area contributed by atoms with Gasteiger partial charge in [0.25, 0.3) is 0 Å². The van der Waals surface area contributed by atoms with Crippen molar-refractivity contribution in [3.05, 3.63) is 126 Å². The van der Waals surface area contributed by atoms with E-state index in [1.165, 1.54) is 0 Å². The van der Waals surface area contributed by atoms with Crippen molar-refractivity contribution in [1.29, 1.82) is 0 Å². The molecule has 0 unspecified atom stereocenters. The number of hydrogen-bond donors (Lipinski definition) is 0. The summed E-state index contributed by atoms with van der Waals surface area (Å²) >= 11 is 0. The van der Waals surface area contributed by atoms with Gasteiger partial charge in [0.05, 0.1) is 30.5 Å². The van der Waals surface area contributed by atoms with Crippen molar-refractivity contribution in [2.24, 2.45) is 0 Å². The van der Waals surface area contributed by atoms with Crippen LogP contribution in [0.3, 0.4) is 0 Å². The lowest BCUT2D eigenvalue weighted by molar-refractivity contribution is -0.683. The molecule has 3 heterocycles. The summed E-state index contributed by atoms with van der Waals surface area (Å²) < 4.78 is 14.0. The molecule has 0 aliphatic heterocycles. The molecule has 0 amide bonds. The molecule has 0 spiro atoms. The molecule has 0 N–H and O–H groups in total. The van der Waals surface area contributed by atoms with Crippen molar-refractivity contribution in [2.45, 2.75) is 13.5 Å². The molecule has 7 nitrogen and oxygen atoms in total. The number of ether oxygens (including phenoxy) is 2. The second kappa shape index (κ2) is 11.1. The summed E-state index contributed by atoms with van der Waals surface area (Å²) in [6.07, 6.45) is 5.48. The average Bonchev–Trinajstić information content (AvgIpc) is 3.37. The summed E-state index contributed by atoms with van der Waals surface area (Å²) in [6, 6.07) is 25.2. The lowest BCUT2D eigenvalue weighted by Crippen LogP contribution is -2.37. The molecule has 194 valence electrons. The molecule has 0 fully saturated rings. The highest BCUT2D eigenvalue weighted by molar-refractivity contribution is 6.11. The van der Waals surface area contributed by atoms with Crippen molar-refractivity contribution in [3.63, 3.8) is 0 Å². The fraction of sp³-hybridized carbons (Fsp3) is 0.125.